The highest BCUT2D eigenvalue weighted by atomic mass is 79.9. The van der Waals surface area contributed by atoms with E-state index >= 15 is 0 Å². The molecule has 1 N–H and O–H groups in total. The molecular formula is C15H16BrN3O2. The lowest BCUT2D eigenvalue weighted by Crippen LogP contribution is -2.15. The molecule has 1 aromatic carbocycles. The summed E-state index contributed by atoms with van der Waals surface area (Å²) in [6.45, 7) is 4.64. The summed E-state index contributed by atoms with van der Waals surface area (Å²) in [6, 6.07) is 8.01. The van der Waals surface area contributed by atoms with Gasteiger partial charge in [-0.3, -0.25) is 15.1 Å². The molecule has 0 aliphatic rings. The fourth-order valence-electron chi connectivity index (χ4n) is 2.15. The number of hydrogen-bond donors (Lipinski definition) is 1. The van der Waals surface area contributed by atoms with Gasteiger partial charge in [0.05, 0.1) is 10.6 Å². The molecule has 1 heterocycles. The molecule has 0 aliphatic carbocycles. The highest BCUT2D eigenvalue weighted by molar-refractivity contribution is 9.10. The quantitative estimate of drug-likeness (QED) is 0.660. The number of nitrogens with one attached hydrogen (secondary N) is 1. The van der Waals surface area contributed by atoms with E-state index in [0.29, 0.717) is 29.9 Å². The Kier molecular flexibility index (Phi) is 5.03. The second-order valence-electron chi connectivity index (χ2n) is 4.85. The summed E-state index contributed by atoms with van der Waals surface area (Å²) >= 11 is 3.39. The third-order valence-electron chi connectivity index (χ3n) is 3.29. The number of pyridine rings is 1. The molecule has 0 atom stereocenters. The van der Waals surface area contributed by atoms with Crippen molar-refractivity contribution in [2.75, 3.05) is 0 Å². The highest BCUT2D eigenvalue weighted by Gasteiger charge is 2.18. The fraction of sp³-hybridized carbons (Fsp3) is 0.267. The van der Waals surface area contributed by atoms with E-state index in [1.54, 1.807) is 20.0 Å². The van der Waals surface area contributed by atoms with E-state index in [4.69, 9.17) is 0 Å². The van der Waals surface area contributed by atoms with Crippen LogP contribution in [0.1, 0.15) is 22.4 Å². The van der Waals surface area contributed by atoms with Gasteiger partial charge in [-0.2, -0.15) is 0 Å². The minimum Gasteiger partial charge on any atom is -0.307 e. The number of nitrogens with zero attached hydrogens (tertiary/aromatic N) is 2. The topological polar surface area (TPSA) is 68.1 Å². The van der Waals surface area contributed by atoms with E-state index in [-0.39, 0.29) is 10.6 Å². The van der Waals surface area contributed by atoms with Crippen LogP contribution in [-0.4, -0.2) is 9.91 Å². The predicted octanol–water partition coefficient (Wildman–Crippen LogP) is 3.66. The minimum atomic E-state index is -0.343. The van der Waals surface area contributed by atoms with Crippen LogP contribution >= 0.6 is 15.9 Å². The van der Waals surface area contributed by atoms with Gasteiger partial charge >= 0.3 is 0 Å². The van der Waals surface area contributed by atoms with Gasteiger partial charge in [-0.15, -0.1) is 0 Å². The lowest BCUT2D eigenvalue weighted by molar-refractivity contribution is -0.386. The monoisotopic (exact) mass is 349 g/mol. The van der Waals surface area contributed by atoms with Crippen LogP contribution in [-0.2, 0) is 13.1 Å². The van der Waals surface area contributed by atoms with Crippen LogP contribution in [0.25, 0.3) is 0 Å². The Bertz CT molecular complexity index is 657. The molecular weight excluding hydrogens is 334 g/mol. The van der Waals surface area contributed by atoms with Gasteiger partial charge in [-0.05, 0) is 31.5 Å². The van der Waals surface area contributed by atoms with Crippen molar-refractivity contribution in [1.29, 1.82) is 0 Å². The fourth-order valence-corrected chi connectivity index (χ4v) is 2.42. The normalized spacial score (nSPS) is 10.6. The van der Waals surface area contributed by atoms with Gasteiger partial charge in [0.2, 0.25) is 0 Å². The van der Waals surface area contributed by atoms with Gasteiger partial charge in [0.15, 0.2) is 0 Å². The van der Waals surface area contributed by atoms with Gasteiger partial charge < -0.3 is 5.32 Å². The zero-order chi connectivity index (χ0) is 15.4. The van der Waals surface area contributed by atoms with E-state index in [1.165, 1.54) is 0 Å². The van der Waals surface area contributed by atoms with E-state index in [0.717, 1.165) is 10.0 Å². The summed E-state index contributed by atoms with van der Waals surface area (Å²) in [5.41, 5.74) is 3.24. The number of rotatable bonds is 5. The first-order valence-corrected chi connectivity index (χ1v) is 7.33. The lowest BCUT2D eigenvalue weighted by Gasteiger charge is -2.09. The third kappa shape index (κ3) is 3.86. The maximum Gasteiger partial charge on any atom is 0.278 e. The lowest BCUT2D eigenvalue weighted by atomic mass is 10.1. The summed E-state index contributed by atoms with van der Waals surface area (Å²) in [4.78, 5) is 15.0. The first-order valence-electron chi connectivity index (χ1n) is 6.53. The van der Waals surface area contributed by atoms with E-state index in [2.05, 4.69) is 26.2 Å². The zero-order valence-corrected chi connectivity index (χ0v) is 13.5. The highest BCUT2D eigenvalue weighted by Crippen LogP contribution is 2.23. The number of nitro groups is 1. The van der Waals surface area contributed by atoms with Crippen LogP contribution in [0.15, 0.2) is 34.9 Å². The first-order chi connectivity index (χ1) is 9.99. The van der Waals surface area contributed by atoms with Crippen LogP contribution in [0, 0.1) is 24.0 Å². The Morgan fingerprint density at radius 2 is 1.90 bits per heavy atom. The number of hydrogen-bond acceptors (Lipinski definition) is 4. The van der Waals surface area contributed by atoms with Crippen LogP contribution in [0.4, 0.5) is 5.69 Å². The molecule has 0 fully saturated rings. The van der Waals surface area contributed by atoms with E-state index in [9.17, 15) is 10.1 Å². The third-order valence-corrected chi connectivity index (χ3v) is 3.82. The molecule has 2 aromatic rings. The van der Waals surface area contributed by atoms with E-state index < -0.39 is 0 Å². The second-order valence-corrected chi connectivity index (χ2v) is 5.76. The van der Waals surface area contributed by atoms with Gasteiger partial charge in [0.25, 0.3) is 5.69 Å². The Labute approximate surface area is 131 Å². The van der Waals surface area contributed by atoms with Crippen molar-refractivity contribution in [3.05, 3.63) is 67.4 Å². The van der Waals surface area contributed by atoms with Crippen molar-refractivity contribution < 1.29 is 4.92 Å². The van der Waals surface area contributed by atoms with Gasteiger partial charge in [-0.25, -0.2) is 0 Å². The molecule has 0 bridgehead atoms. The van der Waals surface area contributed by atoms with Gasteiger partial charge in [0, 0.05) is 34.9 Å². The minimum absolute atomic E-state index is 0.158. The molecule has 0 spiro atoms. The molecule has 0 saturated carbocycles. The molecule has 0 aliphatic heterocycles. The second kappa shape index (κ2) is 6.78. The number of halogens is 1. The summed E-state index contributed by atoms with van der Waals surface area (Å²) in [6.07, 6.45) is 1.56. The molecule has 2 rings (SSSR count). The summed E-state index contributed by atoms with van der Waals surface area (Å²) in [5, 5.41) is 14.3. The largest absolute Gasteiger partial charge is 0.307 e. The number of benzene rings is 1. The van der Waals surface area contributed by atoms with Crippen molar-refractivity contribution in [2.45, 2.75) is 26.9 Å². The molecule has 110 valence electrons. The first kappa shape index (κ1) is 15.6. The summed E-state index contributed by atoms with van der Waals surface area (Å²) in [5.74, 6) is 0. The molecule has 0 unspecified atom stereocenters. The van der Waals surface area contributed by atoms with Crippen LogP contribution in [0.2, 0.25) is 0 Å². The van der Waals surface area contributed by atoms with Crippen LogP contribution in [0.3, 0.4) is 0 Å². The zero-order valence-electron chi connectivity index (χ0n) is 11.9. The average molecular weight is 350 g/mol. The smallest absolute Gasteiger partial charge is 0.278 e. The predicted molar refractivity (Wildman–Crippen MR) is 85.1 cm³/mol. The van der Waals surface area contributed by atoms with Gasteiger partial charge in [-0.1, -0.05) is 28.1 Å². The van der Waals surface area contributed by atoms with Crippen molar-refractivity contribution in [2.24, 2.45) is 0 Å². The maximum absolute atomic E-state index is 11.1. The molecule has 21 heavy (non-hydrogen) atoms. The van der Waals surface area contributed by atoms with E-state index in [1.807, 2.05) is 24.3 Å². The average Bonchev–Trinajstić information content (AvgIpc) is 2.43. The summed E-state index contributed by atoms with van der Waals surface area (Å²) < 4.78 is 1.04. The van der Waals surface area contributed by atoms with Crippen molar-refractivity contribution >= 4 is 21.6 Å². The summed E-state index contributed by atoms with van der Waals surface area (Å²) in [7, 11) is 0. The van der Waals surface area contributed by atoms with Gasteiger partial charge in [0.1, 0.15) is 0 Å². The van der Waals surface area contributed by atoms with Crippen LogP contribution < -0.4 is 5.32 Å². The molecule has 5 nitrogen and oxygen atoms in total. The molecule has 0 radical (unpaired) electrons. The molecule has 0 amide bonds. The van der Waals surface area contributed by atoms with Crippen molar-refractivity contribution in [3.63, 3.8) is 0 Å². The standard InChI is InChI=1S/C15H16BrN3O2/c1-10-7-18-14(11(2)15(10)19(20)21)9-17-8-12-3-5-13(16)6-4-12/h3-7,17H,8-9H2,1-2H3. The SMILES string of the molecule is Cc1cnc(CNCc2ccc(Br)cc2)c(C)c1[N+](=O)[O-]. The number of aromatic nitrogens is 1. The maximum atomic E-state index is 11.1. The Morgan fingerprint density at radius 3 is 2.52 bits per heavy atom. The van der Waals surface area contributed by atoms with Crippen molar-refractivity contribution in [1.82, 2.24) is 10.3 Å². The van der Waals surface area contributed by atoms with Crippen molar-refractivity contribution in [3.8, 4) is 0 Å². The Balaban J connectivity index is 2.05. The molecule has 0 saturated heterocycles. The Hall–Kier alpha value is -1.79. The van der Waals surface area contributed by atoms with Crippen LogP contribution in [0.5, 0.6) is 0 Å². The number of aryl methyl sites for hydroxylation is 1. The Morgan fingerprint density at radius 1 is 1.24 bits per heavy atom. The molecule has 6 heteroatoms. The molecule has 1 aromatic heterocycles.